The van der Waals surface area contributed by atoms with Crippen LogP contribution in [0.3, 0.4) is 0 Å². The molecule has 6 heteroatoms. The summed E-state index contributed by atoms with van der Waals surface area (Å²) in [7, 11) is 0. The highest BCUT2D eigenvalue weighted by Gasteiger charge is 2.18. The molecule has 0 aliphatic carbocycles. The molecule has 1 N–H and O–H groups in total. The fraction of sp³-hybridized carbons (Fsp3) is 0.600. The van der Waals surface area contributed by atoms with Crippen LogP contribution in [-0.4, -0.2) is 34.5 Å². The average molecular weight is 259 g/mol. The van der Waals surface area contributed by atoms with E-state index in [0.29, 0.717) is 16.7 Å². The van der Waals surface area contributed by atoms with E-state index < -0.39 is 5.97 Å². The molecule has 0 bridgehead atoms. The first-order valence-corrected chi connectivity index (χ1v) is 6.92. The van der Waals surface area contributed by atoms with Gasteiger partial charge in [-0.05, 0) is 19.8 Å². The fourth-order valence-electron chi connectivity index (χ4n) is 1.57. The summed E-state index contributed by atoms with van der Waals surface area (Å²) in [6.45, 7) is 2.58. The predicted molar refractivity (Wildman–Crippen MR) is 63.5 cm³/mol. The van der Waals surface area contributed by atoms with Gasteiger partial charge < -0.3 is 9.84 Å². The van der Waals surface area contributed by atoms with Crippen molar-refractivity contribution in [2.45, 2.75) is 30.2 Å². The molecule has 1 fully saturated rings. The number of ether oxygens (including phenoxy) is 1. The first kappa shape index (κ1) is 11.9. The summed E-state index contributed by atoms with van der Waals surface area (Å²) in [5.41, 5.74) is 0.604. The molecule has 1 saturated heterocycles. The molecule has 1 atom stereocenters. The molecule has 0 radical (unpaired) electrons. The van der Waals surface area contributed by atoms with E-state index in [1.165, 1.54) is 11.3 Å². The molecule has 0 aromatic carbocycles. The standard InChI is InChI=1S/C10H13NO3S2/c1-6-8(9(12)13)16-10(11-6)15-5-7-3-2-4-14-7/h7H,2-5H2,1H3,(H,12,13). The van der Waals surface area contributed by atoms with Crippen LogP contribution in [0.4, 0.5) is 0 Å². The Hall–Kier alpha value is -0.590. The molecule has 2 rings (SSSR count). The summed E-state index contributed by atoms with van der Waals surface area (Å²) in [5.74, 6) is -0.0228. The molecule has 1 aliphatic rings. The number of aryl methyl sites for hydroxylation is 1. The number of aromatic nitrogens is 1. The topological polar surface area (TPSA) is 59.4 Å². The van der Waals surface area contributed by atoms with E-state index in [1.807, 2.05) is 0 Å². The SMILES string of the molecule is Cc1nc(SCC2CCCO2)sc1C(=O)O. The lowest BCUT2D eigenvalue weighted by Gasteiger charge is -2.05. The molecule has 0 saturated carbocycles. The van der Waals surface area contributed by atoms with E-state index >= 15 is 0 Å². The summed E-state index contributed by atoms with van der Waals surface area (Å²) in [5, 5.41) is 8.90. The van der Waals surface area contributed by atoms with Crippen molar-refractivity contribution in [3.8, 4) is 0 Å². The molecule has 1 aromatic heterocycles. The Kier molecular flexibility index (Phi) is 3.83. The highest BCUT2D eigenvalue weighted by molar-refractivity contribution is 8.01. The van der Waals surface area contributed by atoms with E-state index in [-0.39, 0.29) is 0 Å². The Morgan fingerprint density at radius 3 is 3.12 bits per heavy atom. The Bertz CT molecular complexity index is 385. The lowest BCUT2D eigenvalue weighted by atomic mass is 10.3. The van der Waals surface area contributed by atoms with Crippen molar-refractivity contribution < 1.29 is 14.6 Å². The maximum Gasteiger partial charge on any atom is 0.347 e. The van der Waals surface area contributed by atoms with Crippen LogP contribution in [0, 0.1) is 6.92 Å². The second kappa shape index (κ2) is 5.16. The minimum absolute atomic E-state index is 0.308. The minimum atomic E-state index is -0.890. The number of carboxylic acids is 1. The molecule has 88 valence electrons. The van der Waals surface area contributed by atoms with Gasteiger partial charge in [-0.2, -0.15) is 0 Å². The minimum Gasteiger partial charge on any atom is -0.477 e. The molecular formula is C10H13NO3S2. The Morgan fingerprint density at radius 1 is 1.75 bits per heavy atom. The molecule has 0 amide bonds. The third-order valence-electron chi connectivity index (χ3n) is 2.39. The number of hydrogen-bond acceptors (Lipinski definition) is 5. The smallest absolute Gasteiger partial charge is 0.347 e. The summed E-state index contributed by atoms with van der Waals surface area (Å²) in [6, 6.07) is 0. The molecule has 0 spiro atoms. The number of thiazole rings is 1. The number of carboxylic acid groups (broad SMARTS) is 1. The van der Waals surface area contributed by atoms with Crippen LogP contribution in [0.15, 0.2) is 4.34 Å². The number of carbonyl (C=O) groups is 1. The highest BCUT2D eigenvalue weighted by Crippen LogP contribution is 2.29. The van der Waals surface area contributed by atoms with Crippen molar-refractivity contribution in [2.24, 2.45) is 0 Å². The summed E-state index contributed by atoms with van der Waals surface area (Å²) < 4.78 is 6.32. The van der Waals surface area contributed by atoms with Crippen molar-refractivity contribution in [2.75, 3.05) is 12.4 Å². The van der Waals surface area contributed by atoms with Crippen LogP contribution in [0.25, 0.3) is 0 Å². The van der Waals surface area contributed by atoms with Gasteiger partial charge in [0.25, 0.3) is 0 Å². The molecule has 4 nitrogen and oxygen atoms in total. The third kappa shape index (κ3) is 2.75. The van der Waals surface area contributed by atoms with Crippen LogP contribution in [0.2, 0.25) is 0 Å². The van der Waals surface area contributed by atoms with Crippen molar-refractivity contribution >= 4 is 29.1 Å². The zero-order valence-electron chi connectivity index (χ0n) is 8.93. The zero-order valence-corrected chi connectivity index (χ0v) is 10.6. The monoisotopic (exact) mass is 259 g/mol. The zero-order chi connectivity index (χ0) is 11.5. The summed E-state index contributed by atoms with van der Waals surface area (Å²) in [6.07, 6.45) is 2.54. The lowest BCUT2D eigenvalue weighted by Crippen LogP contribution is -2.07. The largest absolute Gasteiger partial charge is 0.477 e. The van der Waals surface area contributed by atoms with Gasteiger partial charge in [0.1, 0.15) is 4.88 Å². The molecule has 1 aliphatic heterocycles. The lowest BCUT2D eigenvalue weighted by molar-refractivity contribution is 0.0701. The summed E-state index contributed by atoms with van der Waals surface area (Å²) in [4.78, 5) is 15.4. The number of hydrogen-bond donors (Lipinski definition) is 1. The number of nitrogens with zero attached hydrogens (tertiary/aromatic N) is 1. The Balaban J connectivity index is 1.94. The van der Waals surface area contributed by atoms with E-state index in [2.05, 4.69) is 4.98 Å². The Morgan fingerprint density at radius 2 is 2.56 bits per heavy atom. The van der Waals surface area contributed by atoms with Gasteiger partial charge in [-0.3, -0.25) is 0 Å². The number of thioether (sulfide) groups is 1. The maximum atomic E-state index is 10.8. The second-order valence-electron chi connectivity index (χ2n) is 3.65. The summed E-state index contributed by atoms with van der Waals surface area (Å²) >= 11 is 2.84. The Labute approximate surface area is 102 Å². The van der Waals surface area contributed by atoms with Crippen LogP contribution in [-0.2, 0) is 4.74 Å². The van der Waals surface area contributed by atoms with Crippen molar-refractivity contribution in [3.63, 3.8) is 0 Å². The normalized spacial score (nSPS) is 20.2. The molecule has 1 aromatic rings. The van der Waals surface area contributed by atoms with Gasteiger partial charge in [0.15, 0.2) is 4.34 Å². The van der Waals surface area contributed by atoms with E-state index in [4.69, 9.17) is 9.84 Å². The first-order valence-electron chi connectivity index (χ1n) is 5.12. The van der Waals surface area contributed by atoms with Gasteiger partial charge in [-0.25, -0.2) is 9.78 Å². The molecule has 2 heterocycles. The van der Waals surface area contributed by atoms with Crippen molar-refractivity contribution in [3.05, 3.63) is 10.6 Å². The van der Waals surface area contributed by atoms with Crippen LogP contribution < -0.4 is 0 Å². The predicted octanol–water partition coefficient (Wildman–Crippen LogP) is 2.42. The number of rotatable bonds is 4. The molecular weight excluding hydrogens is 246 g/mol. The molecule has 16 heavy (non-hydrogen) atoms. The van der Waals surface area contributed by atoms with Gasteiger partial charge >= 0.3 is 5.97 Å². The van der Waals surface area contributed by atoms with E-state index in [9.17, 15) is 4.79 Å². The second-order valence-corrected chi connectivity index (χ2v) is 5.91. The van der Waals surface area contributed by atoms with Gasteiger partial charge in [0.2, 0.25) is 0 Å². The van der Waals surface area contributed by atoms with E-state index in [0.717, 1.165) is 29.5 Å². The van der Waals surface area contributed by atoms with Crippen LogP contribution in [0.1, 0.15) is 28.2 Å². The molecule has 1 unspecified atom stereocenters. The van der Waals surface area contributed by atoms with E-state index in [1.54, 1.807) is 18.7 Å². The third-order valence-corrected chi connectivity index (χ3v) is 4.81. The van der Waals surface area contributed by atoms with Gasteiger partial charge in [-0.1, -0.05) is 11.8 Å². The van der Waals surface area contributed by atoms with Gasteiger partial charge in [0.05, 0.1) is 11.8 Å². The quantitative estimate of drug-likeness (QED) is 0.841. The average Bonchev–Trinajstić information content (AvgIpc) is 2.83. The van der Waals surface area contributed by atoms with Crippen LogP contribution >= 0.6 is 23.1 Å². The van der Waals surface area contributed by atoms with Gasteiger partial charge in [-0.15, -0.1) is 11.3 Å². The highest BCUT2D eigenvalue weighted by atomic mass is 32.2. The number of aromatic carboxylic acids is 1. The fourth-order valence-corrected chi connectivity index (χ4v) is 3.69. The first-order chi connectivity index (χ1) is 7.66. The van der Waals surface area contributed by atoms with Crippen molar-refractivity contribution in [1.82, 2.24) is 4.98 Å². The van der Waals surface area contributed by atoms with Gasteiger partial charge in [0, 0.05) is 12.4 Å². The van der Waals surface area contributed by atoms with Crippen LogP contribution in [0.5, 0.6) is 0 Å². The van der Waals surface area contributed by atoms with Crippen molar-refractivity contribution in [1.29, 1.82) is 0 Å². The maximum absolute atomic E-state index is 10.8.